The summed E-state index contributed by atoms with van der Waals surface area (Å²) < 4.78 is 22.4. The van der Waals surface area contributed by atoms with Gasteiger partial charge in [-0.3, -0.25) is 4.79 Å². The molecule has 0 aliphatic heterocycles. The SMILES string of the molecule is COc1ccc(/C(C[C@@H](O)Cn2ncccc2=O)=N/[S@@+]([O-])C(C)(C)C)c(O)c1. The summed E-state index contributed by atoms with van der Waals surface area (Å²) in [6, 6.07) is 7.51. The van der Waals surface area contributed by atoms with Gasteiger partial charge in [-0.2, -0.15) is 5.10 Å². The lowest BCUT2D eigenvalue weighted by molar-refractivity contribution is 0.154. The molecule has 1 heterocycles. The summed E-state index contributed by atoms with van der Waals surface area (Å²) in [5.74, 6) is 0.351. The van der Waals surface area contributed by atoms with Crippen LogP contribution in [0.2, 0.25) is 0 Å². The van der Waals surface area contributed by atoms with E-state index in [0.717, 1.165) is 4.68 Å². The molecule has 1 aromatic carbocycles. The highest BCUT2D eigenvalue weighted by Crippen LogP contribution is 2.27. The number of aromatic hydroxyl groups is 1. The highest BCUT2D eigenvalue weighted by Gasteiger charge is 2.29. The third-order valence-electron chi connectivity index (χ3n) is 3.83. The number of nitrogens with zero attached hydrogens (tertiary/aromatic N) is 3. The molecule has 0 unspecified atom stereocenters. The molecule has 0 fully saturated rings. The van der Waals surface area contributed by atoms with E-state index in [1.807, 2.05) is 0 Å². The number of rotatable bonds is 7. The molecule has 0 amide bonds. The van der Waals surface area contributed by atoms with Gasteiger partial charge in [0.2, 0.25) is 0 Å². The lowest BCUT2D eigenvalue weighted by Gasteiger charge is -2.21. The Balaban J connectivity index is 2.34. The number of aromatic nitrogens is 2. The van der Waals surface area contributed by atoms with Crippen LogP contribution in [-0.4, -0.2) is 48.2 Å². The molecule has 0 aliphatic rings. The number of hydrogen-bond donors (Lipinski definition) is 2. The van der Waals surface area contributed by atoms with Crippen molar-refractivity contribution >= 4 is 17.1 Å². The van der Waals surface area contributed by atoms with Gasteiger partial charge in [0, 0.05) is 30.3 Å². The predicted molar refractivity (Wildman–Crippen MR) is 108 cm³/mol. The first kappa shape index (κ1) is 21.9. The smallest absolute Gasteiger partial charge is 0.266 e. The Kier molecular flexibility index (Phi) is 7.22. The first-order valence-electron chi connectivity index (χ1n) is 8.69. The quantitative estimate of drug-likeness (QED) is 0.532. The average Bonchev–Trinajstić information content (AvgIpc) is 2.62. The Morgan fingerprint density at radius 1 is 1.39 bits per heavy atom. The average molecular weight is 407 g/mol. The van der Waals surface area contributed by atoms with Gasteiger partial charge in [-0.1, -0.05) is 4.40 Å². The molecule has 0 bridgehead atoms. The van der Waals surface area contributed by atoms with Crippen LogP contribution in [0.1, 0.15) is 32.8 Å². The van der Waals surface area contributed by atoms with Gasteiger partial charge in [0.1, 0.15) is 33.3 Å². The number of aliphatic hydroxyl groups is 1. The Morgan fingerprint density at radius 2 is 2.11 bits per heavy atom. The summed E-state index contributed by atoms with van der Waals surface area (Å²) >= 11 is -1.60. The maximum Gasteiger partial charge on any atom is 0.266 e. The van der Waals surface area contributed by atoms with Crippen molar-refractivity contribution in [3.05, 3.63) is 52.4 Å². The van der Waals surface area contributed by atoms with Crippen LogP contribution in [-0.2, 0) is 17.9 Å². The summed E-state index contributed by atoms with van der Waals surface area (Å²) in [4.78, 5) is 11.8. The first-order valence-corrected chi connectivity index (χ1v) is 9.79. The summed E-state index contributed by atoms with van der Waals surface area (Å²) in [5.41, 5.74) is 0.265. The zero-order valence-corrected chi connectivity index (χ0v) is 17.1. The van der Waals surface area contributed by atoms with E-state index in [-0.39, 0.29) is 30.0 Å². The molecule has 8 nitrogen and oxygen atoms in total. The lowest BCUT2D eigenvalue weighted by atomic mass is 10.0. The molecule has 2 rings (SSSR count). The van der Waals surface area contributed by atoms with Crippen LogP contribution in [0, 0.1) is 0 Å². The molecule has 0 saturated carbocycles. The van der Waals surface area contributed by atoms with Gasteiger partial charge in [-0.05, 0) is 39.0 Å². The van der Waals surface area contributed by atoms with Gasteiger partial charge in [-0.25, -0.2) is 4.68 Å². The third kappa shape index (κ3) is 5.82. The van der Waals surface area contributed by atoms with E-state index < -0.39 is 22.2 Å². The van der Waals surface area contributed by atoms with Crippen molar-refractivity contribution in [3.63, 3.8) is 0 Å². The number of methoxy groups -OCH3 is 1. The van der Waals surface area contributed by atoms with Crippen LogP contribution in [0.4, 0.5) is 0 Å². The molecular formula is C19H25N3O5S. The minimum Gasteiger partial charge on any atom is -0.591 e. The molecular weight excluding hydrogens is 382 g/mol. The Labute approximate surface area is 166 Å². The van der Waals surface area contributed by atoms with Crippen molar-refractivity contribution in [2.75, 3.05) is 7.11 Å². The maximum atomic E-state index is 12.5. The predicted octanol–water partition coefficient (Wildman–Crippen LogP) is 1.66. The van der Waals surface area contributed by atoms with Gasteiger partial charge in [0.15, 0.2) is 0 Å². The van der Waals surface area contributed by atoms with Crippen molar-refractivity contribution < 1.29 is 19.5 Å². The first-order chi connectivity index (χ1) is 13.1. The molecule has 152 valence electrons. The zero-order chi connectivity index (χ0) is 20.9. The minimum atomic E-state index is -1.60. The molecule has 9 heteroatoms. The number of benzene rings is 1. The number of aliphatic hydroxyl groups excluding tert-OH is 1. The largest absolute Gasteiger partial charge is 0.591 e. The van der Waals surface area contributed by atoms with Crippen molar-refractivity contribution in [2.24, 2.45) is 4.40 Å². The zero-order valence-electron chi connectivity index (χ0n) is 16.3. The van der Waals surface area contributed by atoms with Crippen molar-refractivity contribution in [2.45, 2.75) is 44.6 Å². The second-order valence-corrected chi connectivity index (χ2v) is 9.09. The third-order valence-corrected chi connectivity index (χ3v) is 5.26. The number of ether oxygens (including phenoxy) is 1. The standard InChI is InChI=1S/C19H25N3O5S/c1-19(2,3)28(26)21-16(15-8-7-14(27-4)11-17(15)24)10-13(23)12-22-18(25)6-5-9-20-22/h5-9,11,13,23-24H,10,12H2,1-4H3/b21-16+/t13-,28+/m1/s1. The lowest BCUT2D eigenvalue weighted by Crippen LogP contribution is -2.31. The maximum absolute atomic E-state index is 12.5. The van der Waals surface area contributed by atoms with Crippen LogP contribution in [0.5, 0.6) is 11.5 Å². The highest BCUT2D eigenvalue weighted by atomic mass is 32.2. The second kappa shape index (κ2) is 9.22. The molecule has 2 aromatic rings. The van der Waals surface area contributed by atoms with Gasteiger partial charge in [0.25, 0.3) is 5.56 Å². The number of phenols is 1. The number of phenolic OH excluding ortho intramolecular Hbond substituents is 1. The van der Waals surface area contributed by atoms with Gasteiger partial charge in [0.05, 0.1) is 19.8 Å². The summed E-state index contributed by atoms with van der Waals surface area (Å²) in [7, 11) is 1.48. The monoisotopic (exact) mass is 407 g/mol. The topological polar surface area (TPSA) is 120 Å². The van der Waals surface area contributed by atoms with Gasteiger partial charge < -0.3 is 19.5 Å². The van der Waals surface area contributed by atoms with E-state index in [1.54, 1.807) is 32.9 Å². The Hall–Kier alpha value is -2.36. The summed E-state index contributed by atoms with van der Waals surface area (Å²) in [6.07, 6.45) is 0.405. The van der Waals surface area contributed by atoms with Crippen LogP contribution in [0.3, 0.4) is 0 Å². The van der Waals surface area contributed by atoms with E-state index in [0.29, 0.717) is 11.3 Å². The summed E-state index contributed by atoms with van der Waals surface area (Å²) in [5, 5.41) is 24.7. The molecule has 0 saturated heterocycles. The van der Waals surface area contributed by atoms with Crippen LogP contribution in [0.15, 0.2) is 45.7 Å². The van der Waals surface area contributed by atoms with E-state index in [1.165, 1.54) is 31.5 Å². The highest BCUT2D eigenvalue weighted by molar-refractivity contribution is 7.91. The van der Waals surface area contributed by atoms with Crippen LogP contribution in [0.25, 0.3) is 0 Å². The Morgan fingerprint density at radius 3 is 2.68 bits per heavy atom. The van der Waals surface area contributed by atoms with Crippen molar-refractivity contribution in [1.29, 1.82) is 0 Å². The fourth-order valence-electron chi connectivity index (χ4n) is 2.33. The molecule has 28 heavy (non-hydrogen) atoms. The van der Waals surface area contributed by atoms with Crippen LogP contribution >= 0.6 is 0 Å². The fraction of sp³-hybridized carbons (Fsp3) is 0.421. The molecule has 0 aliphatic carbocycles. The molecule has 2 atom stereocenters. The molecule has 0 radical (unpaired) electrons. The van der Waals surface area contributed by atoms with Gasteiger partial charge in [-0.15, -0.1) is 0 Å². The molecule has 2 N–H and O–H groups in total. The van der Waals surface area contributed by atoms with Crippen molar-refractivity contribution in [3.8, 4) is 11.5 Å². The van der Waals surface area contributed by atoms with E-state index in [2.05, 4.69) is 9.50 Å². The fourth-order valence-corrected chi connectivity index (χ4v) is 2.97. The van der Waals surface area contributed by atoms with E-state index >= 15 is 0 Å². The minimum absolute atomic E-state index is 0.0231. The molecule has 1 aromatic heterocycles. The van der Waals surface area contributed by atoms with Gasteiger partial charge >= 0.3 is 0 Å². The summed E-state index contributed by atoms with van der Waals surface area (Å²) in [6.45, 7) is 5.28. The van der Waals surface area contributed by atoms with Crippen LogP contribution < -0.4 is 10.3 Å². The normalized spacial score (nSPS) is 14.6. The second-order valence-electron chi connectivity index (χ2n) is 7.18. The van der Waals surface area contributed by atoms with E-state index in [9.17, 15) is 19.6 Å². The number of hydrogen-bond acceptors (Lipinski definition) is 7. The molecule has 0 spiro atoms. The van der Waals surface area contributed by atoms with E-state index in [4.69, 9.17) is 4.74 Å². The Bertz CT molecular complexity index is 892. The van der Waals surface area contributed by atoms with Crippen molar-refractivity contribution in [1.82, 2.24) is 9.78 Å².